The number of carbonyl (C=O) groups excluding carboxylic acids is 1. The van der Waals surface area contributed by atoms with E-state index in [1.54, 1.807) is 18.2 Å². The van der Waals surface area contributed by atoms with Crippen molar-refractivity contribution in [2.45, 2.75) is 6.61 Å². The predicted octanol–water partition coefficient (Wildman–Crippen LogP) is 3.96. The number of halogens is 2. The Morgan fingerprint density at radius 3 is 2.50 bits per heavy atom. The van der Waals surface area contributed by atoms with Crippen LogP contribution >= 0.6 is 31.9 Å². The third-order valence-corrected chi connectivity index (χ3v) is 3.18. The van der Waals surface area contributed by atoms with Gasteiger partial charge < -0.3 is 4.74 Å². The fourth-order valence-electron chi connectivity index (χ4n) is 1.33. The average Bonchev–Trinajstić information content (AvgIpc) is 2.38. The van der Waals surface area contributed by atoms with Gasteiger partial charge in [-0.2, -0.15) is 0 Å². The first kappa shape index (κ1) is 13.2. The van der Waals surface area contributed by atoms with Gasteiger partial charge in [-0.05, 0) is 45.8 Å². The molecule has 5 heteroatoms. The Balaban J connectivity index is 1.98. The van der Waals surface area contributed by atoms with Gasteiger partial charge >= 0.3 is 5.97 Å². The highest BCUT2D eigenvalue weighted by atomic mass is 79.9. The molecule has 2 rings (SSSR count). The van der Waals surface area contributed by atoms with Crippen LogP contribution in [0.25, 0.3) is 0 Å². The zero-order valence-corrected chi connectivity index (χ0v) is 12.4. The lowest BCUT2D eigenvalue weighted by Crippen LogP contribution is -2.07. The predicted molar refractivity (Wildman–Crippen MR) is 75.2 cm³/mol. The van der Waals surface area contributed by atoms with Crippen molar-refractivity contribution >= 4 is 37.8 Å². The molecule has 0 saturated heterocycles. The van der Waals surface area contributed by atoms with Crippen LogP contribution in [0.3, 0.4) is 0 Å². The number of pyridine rings is 1. The number of aromatic nitrogens is 1. The number of benzene rings is 1. The zero-order chi connectivity index (χ0) is 13.0. The van der Waals surface area contributed by atoms with E-state index in [1.165, 1.54) is 0 Å². The van der Waals surface area contributed by atoms with Crippen molar-refractivity contribution in [3.8, 4) is 0 Å². The maximum absolute atomic E-state index is 11.7. The second-order valence-corrected chi connectivity index (χ2v) is 5.28. The number of ether oxygens (including phenoxy) is 1. The second kappa shape index (κ2) is 6.11. The van der Waals surface area contributed by atoms with Gasteiger partial charge in [-0.25, -0.2) is 9.78 Å². The molecule has 92 valence electrons. The first-order valence-electron chi connectivity index (χ1n) is 5.19. The van der Waals surface area contributed by atoms with Crippen molar-refractivity contribution in [3.63, 3.8) is 0 Å². The standard InChI is InChI=1S/C13H9Br2NO2/c14-10-6-4-9(5-7-10)8-18-13(17)11-2-1-3-12(15)16-11/h1-7H,8H2. The molecule has 0 spiro atoms. The summed E-state index contributed by atoms with van der Waals surface area (Å²) in [7, 11) is 0. The van der Waals surface area contributed by atoms with E-state index in [1.807, 2.05) is 24.3 Å². The fraction of sp³-hybridized carbons (Fsp3) is 0.0769. The normalized spacial score (nSPS) is 10.1. The Hall–Kier alpha value is -1.20. The van der Waals surface area contributed by atoms with E-state index in [0.717, 1.165) is 10.0 Å². The summed E-state index contributed by atoms with van der Waals surface area (Å²) in [4.78, 5) is 15.8. The lowest BCUT2D eigenvalue weighted by Gasteiger charge is -2.04. The molecule has 0 unspecified atom stereocenters. The molecule has 2 aromatic rings. The van der Waals surface area contributed by atoms with Gasteiger partial charge in [-0.3, -0.25) is 0 Å². The van der Waals surface area contributed by atoms with Crippen molar-refractivity contribution in [2.75, 3.05) is 0 Å². The van der Waals surface area contributed by atoms with Crippen LogP contribution in [0.2, 0.25) is 0 Å². The fourth-order valence-corrected chi connectivity index (χ4v) is 1.93. The number of nitrogens with zero attached hydrogens (tertiary/aromatic N) is 1. The van der Waals surface area contributed by atoms with Crippen molar-refractivity contribution in [1.29, 1.82) is 0 Å². The van der Waals surface area contributed by atoms with Crippen LogP contribution in [0.1, 0.15) is 16.1 Å². The van der Waals surface area contributed by atoms with E-state index < -0.39 is 5.97 Å². The highest BCUT2D eigenvalue weighted by Gasteiger charge is 2.09. The minimum absolute atomic E-state index is 0.236. The number of esters is 1. The van der Waals surface area contributed by atoms with Gasteiger partial charge in [-0.15, -0.1) is 0 Å². The lowest BCUT2D eigenvalue weighted by molar-refractivity contribution is 0.0465. The molecule has 1 aromatic carbocycles. The van der Waals surface area contributed by atoms with E-state index in [0.29, 0.717) is 10.3 Å². The number of hydrogen-bond donors (Lipinski definition) is 0. The van der Waals surface area contributed by atoms with Crippen molar-refractivity contribution in [3.05, 3.63) is 62.8 Å². The molecule has 0 atom stereocenters. The topological polar surface area (TPSA) is 39.2 Å². The molecule has 0 aliphatic heterocycles. The molecule has 0 bridgehead atoms. The molecule has 0 aliphatic rings. The molecule has 0 N–H and O–H groups in total. The minimum Gasteiger partial charge on any atom is -0.456 e. The third-order valence-electron chi connectivity index (χ3n) is 2.21. The summed E-state index contributed by atoms with van der Waals surface area (Å²) in [6.45, 7) is 0.236. The van der Waals surface area contributed by atoms with E-state index in [-0.39, 0.29) is 6.61 Å². The van der Waals surface area contributed by atoms with Crippen LogP contribution in [0, 0.1) is 0 Å². The van der Waals surface area contributed by atoms with Crippen LogP contribution < -0.4 is 0 Å². The summed E-state index contributed by atoms with van der Waals surface area (Å²) in [5.74, 6) is -0.431. The molecule has 0 saturated carbocycles. The van der Waals surface area contributed by atoms with Crippen molar-refractivity contribution in [2.24, 2.45) is 0 Å². The van der Waals surface area contributed by atoms with Crippen LogP contribution in [0.5, 0.6) is 0 Å². The van der Waals surface area contributed by atoms with Gasteiger partial charge in [0.15, 0.2) is 0 Å². The summed E-state index contributed by atoms with van der Waals surface area (Å²) >= 11 is 6.56. The quantitative estimate of drug-likeness (QED) is 0.606. The molecule has 0 fully saturated rings. The minimum atomic E-state index is -0.431. The van der Waals surface area contributed by atoms with E-state index >= 15 is 0 Å². The summed E-state index contributed by atoms with van der Waals surface area (Å²) in [5, 5.41) is 0. The molecule has 1 aromatic heterocycles. The Kier molecular flexibility index (Phi) is 4.49. The summed E-state index contributed by atoms with van der Waals surface area (Å²) in [5.41, 5.74) is 1.23. The van der Waals surface area contributed by atoms with Gasteiger partial charge in [0.2, 0.25) is 0 Å². The first-order valence-corrected chi connectivity index (χ1v) is 6.78. The largest absolute Gasteiger partial charge is 0.456 e. The second-order valence-electron chi connectivity index (χ2n) is 3.55. The highest BCUT2D eigenvalue weighted by molar-refractivity contribution is 9.10. The molecule has 18 heavy (non-hydrogen) atoms. The number of carbonyl (C=O) groups is 1. The molecular formula is C13H9Br2NO2. The van der Waals surface area contributed by atoms with Crippen LogP contribution in [0.15, 0.2) is 51.5 Å². The van der Waals surface area contributed by atoms with Crippen molar-refractivity contribution < 1.29 is 9.53 Å². The average molecular weight is 371 g/mol. The van der Waals surface area contributed by atoms with Crippen LogP contribution in [-0.2, 0) is 11.3 Å². The Morgan fingerprint density at radius 2 is 1.83 bits per heavy atom. The van der Waals surface area contributed by atoms with E-state index in [9.17, 15) is 4.79 Å². The molecule has 0 radical (unpaired) electrons. The van der Waals surface area contributed by atoms with Gasteiger partial charge in [0.05, 0.1) is 0 Å². The van der Waals surface area contributed by atoms with Gasteiger partial charge in [0.25, 0.3) is 0 Å². The van der Waals surface area contributed by atoms with Gasteiger partial charge in [0.1, 0.15) is 16.9 Å². The maximum Gasteiger partial charge on any atom is 0.357 e. The highest BCUT2D eigenvalue weighted by Crippen LogP contribution is 2.12. The lowest BCUT2D eigenvalue weighted by atomic mass is 10.2. The summed E-state index contributed by atoms with van der Waals surface area (Å²) < 4.78 is 6.77. The van der Waals surface area contributed by atoms with Crippen molar-refractivity contribution in [1.82, 2.24) is 4.98 Å². The Labute approximate surface area is 121 Å². The molecule has 0 amide bonds. The molecule has 1 heterocycles. The third kappa shape index (κ3) is 3.65. The van der Waals surface area contributed by atoms with Gasteiger partial charge in [0, 0.05) is 4.47 Å². The maximum atomic E-state index is 11.7. The monoisotopic (exact) mass is 369 g/mol. The summed E-state index contributed by atoms with van der Waals surface area (Å²) in [6.07, 6.45) is 0. The number of rotatable bonds is 3. The summed E-state index contributed by atoms with van der Waals surface area (Å²) in [6, 6.07) is 12.7. The number of hydrogen-bond acceptors (Lipinski definition) is 3. The first-order chi connectivity index (χ1) is 8.65. The van der Waals surface area contributed by atoms with Gasteiger partial charge in [-0.1, -0.05) is 34.1 Å². The van der Waals surface area contributed by atoms with E-state index in [2.05, 4.69) is 36.8 Å². The molecular weight excluding hydrogens is 362 g/mol. The van der Waals surface area contributed by atoms with E-state index in [4.69, 9.17) is 4.74 Å². The van der Waals surface area contributed by atoms with Crippen LogP contribution in [-0.4, -0.2) is 11.0 Å². The molecule has 3 nitrogen and oxygen atoms in total. The van der Waals surface area contributed by atoms with Crippen LogP contribution in [0.4, 0.5) is 0 Å². The smallest absolute Gasteiger partial charge is 0.357 e. The zero-order valence-electron chi connectivity index (χ0n) is 9.27. The Morgan fingerprint density at radius 1 is 1.11 bits per heavy atom. The SMILES string of the molecule is O=C(OCc1ccc(Br)cc1)c1cccc(Br)n1. The Bertz CT molecular complexity index is 555. The molecule has 0 aliphatic carbocycles.